The van der Waals surface area contributed by atoms with Crippen molar-refractivity contribution in [3.63, 3.8) is 0 Å². The maximum Gasteiger partial charge on any atom is 0.0499 e. The first-order valence-electron chi connectivity index (χ1n) is 6.04. The van der Waals surface area contributed by atoms with E-state index in [1.54, 1.807) is 0 Å². The molecule has 1 saturated carbocycles. The third-order valence-electron chi connectivity index (χ3n) is 4.85. The van der Waals surface area contributed by atoms with E-state index in [-0.39, 0.29) is 6.04 Å². The Kier molecular flexibility index (Phi) is 3.01. The second-order valence-electron chi connectivity index (χ2n) is 6.12. The second-order valence-corrected chi connectivity index (χ2v) is 6.56. The van der Waals surface area contributed by atoms with Crippen molar-refractivity contribution >= 4 is 11.6 Å². The third-order valence-corrected chi connectivity index (χ3v) is 5.09. The minimum Gasteiger partial charge on any atom is -0.271 e. The molecule has 3 heteroatoms. The first-order valence-corrected chi connectivity index (χ1v) is 6.42. The summed E-state index contributed by atoms with van der Waals surface area (Å²) < 4.78 is 0. The molecule has 1 aromatic carbocycles. The largest absolute Gasteiger partial charge is 0.271 e. The molecule has 1 aromatic rings. The van der Waals surface area contributed by atoms with Gasteiger partial charge in [-0.05, 0) is 34.4 Å². The van der Waals surface area contributed by atoms with Crippen LogP contribution in [0.5, 0.6) is 0 Å². The normalized spacial score (nSPS) is 23.4. The van der Waals surface area contributed by atoms with E-state index in [1.165, 1.54) is 5.56 Å². The molecule has 0 bridgehead atoms. The molecule has 1 fully saturated rings. The molecule has 0 saturated heterocycles. The van der Waals surface area contributed by atoms with Crippen LogP contribution >= 0.6 is 11.6 Å². The van der Waals surface area contributed by atoms with Crippen molar-refractivity contribution in [2.24, 2.45) is 22.6 Å². The van der Waals surface area contributed by atoms with Gasteiger partial charge in [0.25, 0.3) is 0 Å². The zero-order chi connectivity index (χ0) is 12.8. The monoisotopic (exact) mass is 252 g/mol. The number of hydrogen-bond donors (Lipinski definition) is 2. The molecule has 0 aromatic heterocycles. The maximum atomic E-state index is 6.04. The topological polar surface area (TPSA) is 38.0 Å². The van der Waals surface area contributed by atoms with Crippen LogP contribution in [-0.2, 0) is 0 Å². The van der Waals surface area contributed by atoms with E-state index in [4.69, 9.17) is 17.4 Å². The Morgan fingerprint density at radius 3 is 2.24 bits per heavy atom. The van der Waals surface area contributed by atoms with Gasteiger partial charge in [-0.25, -0.2) is 0 Å². The summed E-state index contributed by atoms with van der Waals surface area (Å²) >= 11 is 6.04. The van der Waals surface area contributed by atoms with Crippen LogP contribution in [0.3, 0.4) is 0 Å². The first kappa shape index (κ1) is 12.9. The molecule has 1 atom stereocenters. The van der Waals surface area contributed by atoms with Gasteiger partial charge in [-0.1, -0.05) is 51.4 Å². The summed E-state index contributed by atoms with van der Waals surface area (Å²) in [5.41, 5.74) is 4.73. The zero-order valence-corrected chi connectivity index (χ0v) is 11.7. The van der Waals surface area contributed by atoms with Crippen molar-refractivity contribution in [2.45, 2.75) is 33.7 Å². The van der Waals surface area contributed by atoms with Crippen LogP contribution in [0.1, 0.15) is 39.3 Å². The SMILES string of the molecule is CC1(C)C(C(NN)c2cccc(Cl)c2)C1(C)C. The van der Waals surface area contributed by atoms with Crippen LogP contribution in [0.15, 0.2) is 24.3 Å². The van der Waals surface area contributed by atoms with Crippen LogP contribution in [0.2, 0.25) is 5.02 Å². The molecule has 3 N–H and O–H groups in total. The molecule has 1 aliphatic rings. The minimum atomic E-state index is 0.165. The van der Waals surface area contributed by atoms with Gasteiger partial charge in [-0.15, -0.1) is 0 Å². The Morgan fingerprint density at radius 1 is 1.24 bits per heavy atom. The van der Waals surface area contributed by atoms with Gasteiger partial charge in [-0.2, -0.15) is 0 Å². The van der Waals surface area contributed by atoms with E-state index in [9.17, 15) is 0 Å². The molecule has 94 valence electrons. The Balaban J connectivity index is 2.31. The molecule has 2 nitrogen and oxygen atoms in total. The van der Waals surface area contributed by atoms with Crippen molar-refractivity contribution in [1.82, 2.24) is 5.43 Å². The highest BCUT2D eigenvalue weighted by Gasteiger charge is 2.67. The molecule has 0 radical (unpaired) electrons. The summed E-state index contributed by atoms with van der Waals surface area (Å²) in [4.78, 5) is 0. The maximum absolute atomic E-state index is 6.04. The summed E-state index contributed by atoms with van der Waals surface area (Å²) in [6.45, 7) is 9.19. The van der Waals surface area contributed by atoms with Crippen molar-refractivity contribution in [2.75, 3.05) is 0 Å². The molecule has 0 spiro atoms. The standard InChI is InChI=1S/C14H21ClN2/c1-13(2)12(14(13,3)4)11(17-16)9-6-5-7-10(15)8-9/h5-8,11-12,17H,16H2,1-4H3. The summed E-state index contributed by atoms with van der Waals surface area (Å²) in [7, 11) is 0. The summed E-state index contributed by atoms with van der Waals surface area (Å²) in [5.74, 6) is 6.27. The van der Waals surface area contributed by atoms with E-state index in [0.29, 0.717) is 16.7 Å². The fourth-order valence-electron chi connectivity index (χ4n) is 3.17. The van der Waals surface area contributed by atoms with Gasteiger partial charge >= 0.3 is 0 Å². The van der Waals surface area contributed by atoms with Gasteiger partial charge < -0.3 is 0 Å². The second kappa shape index (κ2) is 3.98. The molecular formula is C14H21ClN2. The lowest BCUT2D eigenvalue weighted by Gasteiger charge is -2.19. The molecule has 2 rings (SSSR count). The molecule has 0 amide bonds. The molecule has 1 aliphatic carbocycles. The predicted molar refractivity (Wildman–Crippen MR) is 72.6 cm³/mol. The number of nitrogens with one attached hydrogen (secondary N) is 1. The average Bonchev–Trinajstić information content (AvgIpc) is 2.62. The van der Waals surface area contributed by atoms with E-state index in [1.807, 2.05) is 18.2 Å². The summed E-state index contributed by atoms with van der Waals surface area (Å²) in [6, 6.07) is 8.11. The molecule has 0 heterocycles. The average molecular weight is 253 g/mol. The van der Waals surface area contributed by atoms with Gasteiger partial charge in [0, 0.05) is 11.1 Å². The zero-order valence-electron chi connectivity index (χ0n) is 10.9. The number of rotatable bonds is 3. The number of nitrogens with two attached hydrogens (primary N) is 1. The van der Waals surface area contributed by atoms with Crippen LogP contribution in [0.4, 0.5) is 0 Å². The van der Waals surface area contributed by atoms with Crippen molar-refractivity contribution in [1.29, 1.82) is 0 Å². The number of hydrogen-bond acceptors (Lipinski definition) is 2. The fourth-order valence-corrected chi connectivity index (χ4v) is 3.36. The lowest BCUT2D eigenvalue weighted by Crippen LogP contribution is -2.31. The van der Waals surface area contributed by atoms with Crippen molar-refractivity contribution in [3.8, 4) is 0 Å². The Labute approximate surface area is 109 Å². The van der Waals surface area contributed by atoms with Crippen molar-refractivity contribution in [3.05, 3.63) is 34.9 Å². The fraction of sp³-hybridized carbons (Fsp3) is 0.571. The van der Waals surface area contributed by atoms with Crippen LogP contribution in [0.25, 0.3) is 0 Å². The highest BCUT2D eigenvalue weighted by Crippen LogP contribution is 2.72. The smallest absolute Gasteiger partial charge is 0.0499 e. The molecule has 0 aliphatic heterocycles. The molecular weight excluding hydrogens is 232 g/mol. The van der Waals surface area contributed by atoms with E-state index in [2.05, 4.69) is 39.2 Å². The van der Waals surface area contributed by atoms with E-state index >= 15 is 0 Å². The van der Waals surface area contributed by atoms with Gasteiger partial charge in [-0.3, -0.25) is 11.3 Å². The minimum absolute atomic E-state index is 0.165. The van der Waals surface area contributed by atoms with E-state index in [0.717, 1.165) is 5.02 Å². The Bertz CT molecular complexity index is 412. The number of benzene rings is 1. The summed E-state index contributed by atoms with van der Waals surface area (Å²) in [5, 5.41) is 0.763. The van der Waals surface area contributed by atoms with Gasteiger partial charge in [0.05, 0.1) is 0 Å². The predicted octanol–water partition coefficient (Wildman–Crippen LogP) is 3.53. The Hall–Kier alpha value is -0.570. The van der Waals surface area contributed by atoms with Gasteiger partial charge in [0.2, 0.25) is 0 Å². The highest BCUT2D eigenvalue weighted by atomic mass is 35.5. The van der Waals surface area contributed by atoms with Crippen LogP contribution in [0, 0.1) is 16.7 Å². The van der Waals surface area contributed by atoms with Crippen molar-refractivity contribution < 1.29 is 0 Å². The number of hydrazine groups is 1. The third kappa shape index (κ3) is 1.88. The Morgan fingerprint density at radius 2 is 1.82 bits per heavy atom. The quantitative estimate of drug-likeness (QED) is 0.638. The van der Waals surface area contributed by atoms with E-state index < -0.39 is 0 Å². The molecule has 1 unspecified atom stereocenters. The van der Waals surface area contributed by atoms with Crippen LogP contribution in [-0.4, -0.2) is 0 Å². The van der Waals surface area contributed by atoms with Gasteiger partial charge in [0.15, 0.2) is 0 Å². The summed E-state index contributed by atoms with van der Waals surface area (Å²) in [6.07, 6.45) is 0. The molecule has 17 heavy (non-hydrogen) atoms. The number of halogens is 1. The lowest BCUT2D eigenvalue weighted by atomic mass is 9.97. The first-order chi connectivity index (χ1) is 7.82. The lowest BCUT2D eigenvalue weighted by molar-refractivity contribution is 0.417. The van der Waals surface area contributed by atoms with Gasteiger partial charge in [0.1, 0.15) is 0 Å². The van der Waals surface area contributed by atoms with Crippen LogP contribution < -0.4 is 11.3 Å². The highest BCUT2D eigenvalue weighted by molar-refractivity contribution is 6.30.